The van der Waals surface area contributed by atoms with E-state index < -0.39 is 11.9 Å². The van der Waals surface area contributed by atoms with Crippen molar-refractivity contribution in [1.82, 2.24) is 0 Å². The molecule has 3 rings (SSSR count). The second-order valence-corrected chi connectivity index (χ2v) is 6.90. The van der Waals surface area contributed by atoms with Crippen LogP contribution in [0.25, 0.3) is 0 Å². The average Bonchev–Trinajstić information content (AvgIpc) is 2.63. The molecule has 0 aliphatic heterocycles. The number of rotatable bonds is 4. The van der Waals surface area contributed by atoms with E-state index in [1.54, 1.807) is 13.8 Å². The molecule has 0 spiro atoms. The monoisotopic (exact) mass is 360 g/mol. The summed E-state index contributed by atoms with van der Waals surface area (Å²) in [7, 11) is 0. The Labute approximate surface area is 157 Å². The molecule has 2 aliphatic rings. The molecule has 0 fully saturated rings. The maximum atomic E-state index is 12.7. The summed E-state index contributed by atoms with van der Waals surface area (Å²) in [6.07, 6.45) is 11.0. The van der Waals surface area contributed by atoms with Crippen LogP contribution in [0.15, 0.2) is 12.1 Å². The molecule has 1 aromatic rings. The molecule has 26 heavy (non-hydrogen) atoms. The van der Waals surface area contributed by atoms with E-state index in [2.05, 4.69) is 0 Å². The van der Waals surface area contributed by atoms with Crippen molar-refractivity contribution >= 4 is 11.9 Å². The standard InChI is InChI=1S/C22H32O4/c1-3-25-21(23)19-17-13-11-9-7-5-6-8-10-12-14-18(16-15-17)20(19)22(24)26-4-2/h15-16H,3-14H2,1-2H3. The van der Waals surface area contributed by atoms with Crippen molar-refractivity contribution in [2.45, 2.75) is 78.1 Å². The Hall–Kier alpha value is -1.84. The van der Waals surface area contributed by atoms with Crippen molar-refractivity contribution in [2.24, 2.45) is 0 Å². The van der Waals surface area contributed by atoms with Crippen molar-refractivity contribution in [3.05, 3.63) is 34.4 Å². The first-order valence-corrected chi connectivity index (χ1v) is 10.2. The predicted octanol–water partition coefficient (Wildman–Crippen LogP) is 5.26. The van der Waals surface area contributed by atoms with Crippen LogP contribution in [0, 0.1) is 0 Å². The highest BCUT2D eigenvalue weighted by Crippen LogP contribution is 2.26. The highest BCUT2D eigenvalue weighted by atomic mass is 16.5. The van der Waals surface area contributed by atoms with Crippen LogP contribution < -0.4 is 0 Å². The predicted molar refractivity (Wildman–Crippen MR) is 103 cm³/mol. The van der Waals surface area contributed by atoms with E-state index in [-0.39, 0.29) is 0 Å². The third-order valence-corrected chi connectivity index (χ3v) is 4.98. The van der Waals surface area contributed by atoms with Crippen LogP contribution in [0.1, 0.15) is 97.1 Å². The van der Waals surface area contributed by atoms with Gasteiger partial charge in [0.25, 0.3) is 0 Å². The summed E-state index contributed by atoms with van der Waals surface area (Å²) >= 11 is 0. The van der Waals surface area contributed by atoms with Gasteiger partial charge in [0.05, 0.1) is 24.3 Å². The van der Waals surface area contributed by atoms with Gasteiger partial charge in [-0.05, 0) is 50.7 Å². The van der Waals surface area contributed by atoms with Crippen molar-refractivity contribution in [1.29, 1.82) is 0 Å². The van der Waals surface area contributed by atoms with Gasteiger partial charge in [-0.1, -0.05) is 50.7 Å². The van der Waals surface area contributed by atoms with E-state index in [1.807, 2.05) is 12.1 Å². The molecule has 4 nitrogen and oxygen atoms in total. The lowest BCUT2D eigenvalue weighted by Crippen LogP contribution is -2.19. The summed E-state index contributed by atoms with van der Waals surface area (Å²) in [5.41, 5.74) is 2.68. The van der Waals surface area contributed by atoms with Crippen LogP contribution in [0.4, 0.5) is 0 Å². The highest BCUT2D eigenvalue weighted by molar-refractivity contribution is 6.05. The fourth-order valence-electron chi connectivity index (χ4n) is 3.67. The fourth-order valence-corrected chi connectivity index (χ4v) is 3.67. The smallest absolute Gasteiger partial charge is 0.339 e. The van der Waals surface area contributed by atoms with Crippen LogP contribution in [0.5, 0.6) is 0 Å². The number of ether oxygens (including phenoxy) is 2. The normalized spacial score (nSPS) is 15.9. The van der Waals surface area contributed by atoms with Crippen LogP contribution in [0.2, 0.25) is 0 Å². The molecule has 0 aromatic heterocycles. The Balaban J connectivity index is 2.47. The largest absolute Gasteiger partial charge is 0.462 e. The number of aryl methyl sites for hydroxylation is 2. The van der Waals surface area contributed by atoms with Crippen LogP contribution in [-0.2, 0) is 22.3 Å². The second kappa shape index (κ2) is 11.0. The molecule has 0 radical (unpaired) electrons. The first-order valence-electron chi connectivity index (χ1n) is 10.2. The molecule has 0 unspecified atom stereocenters. The van der Waals surface area contributed by atoms with Gasteiger partial charge in [-0.3, -0.25) is 0 Å². The van der Waals surface area contributed by atoms with Crippen LogP contribution in [0.3, 0.4) is 0 Å². The first kappa shape index (κ1) is 20.5. The van der Waals surface area contributed by atoms with Crippen molar-refractivity contribution in [2.75, 3.05) is 13.2 Å². The fraction of sp³-hybridized carbons (Fsp3) is 0.636. The molecule has 0 N–H and O–H groups in total. The Morgan fingerprint density at radius 2 is 1.04 bits per heavy atom. The molecule has 0 amide bonds. The lowest BCUT2D eigenvalue weighted by atomic mass is 9.90. The minimum absolute atomic E-state index is 0.296. The van der Waals surface area contributed by atoms with E-state index in [0.29, 0.717) is 24.3 Å². The molecule has 144 valence electrons. The number of esters is 2. The van der Waals surface area contributed by atoms with Crippen LogP contribution in [-0.4, -0.2) is 25.2 Å². The SMILES string of the molecule is CCOC(=O)c1c2ccc(c1C(=O)OCC)CCCCCCCCCC2. The molecule has 1 aromatic carbocycles. The van der Waals surface area contributed by atoms with Gasteiger partial charge in [0.2, 0.25) is 0 Å². The van der Waals surface area contributed by atoms with E-state index in [0.717, 1.165) is 49.7 Å². The summed E-state index contributed by atoms with van der Waals surface area (Å²) < 4.78 is 10.6. The van der Waals surface area contributed by atoms with Crippen LogP contribution >= 0.6 is 0 Å². The lowest BCUT2D eigenvalue weighted by molar-refractivity contribution is 0.0476. The van der Waals surface area contributed by atoms with Gasteiger partial charge in [-0.15, -0.1) is 0 Å². The van der Waals surface area contributed by atoms with E-state index in [4.69, 9.17) is 9.47 Å². The summed E-state index contributed by atoms with van der Waals surface area (Å²) in [4.78, 5) is 25.4. The molecule has 0 saturated heterocycles. The molecular formula is C22H32O4. The zero-order valence-corrected chi connectivity index (χ0v) is 16.3. The molecular weight excluding hydrogens is 328 g/mol. The Kier molecular flexibility index (Phi) is 8.66. The topological polar surface area (TPSA) is 52.6 Å². The van der Waals surface area contributed by atoms with Gasteiger partial charge in [-0.25, -0.2) is 9.59 Å². The zero-order chi connectivity index (χ0) is 18.8. The quantitative estimate of drug-likeness (QED) is 0.687. The summed E-state index contributed by atoms with van der Waals surface area (Å²) in [5.74, 6) is -0.806. The van der Waals surface area contributed by atoms with Crippen molar-refractivity contribution in [3.63, 3.8) is 0 Å². The number of hydrogen-bond donors (Lipinski definition) is 0. The third-order valence-electron chi connectivity index (χ3n) is 4.98. The van der Waals surface area contributed by atoms with Gasteiger partial charge >= 0.3 is 11.9 Å². The zero-order valence-electron chi connectivity index (χ0n) is 16.3. The Bertz CT molecular complexity index is 553. The van der Waals surface area contributed by atoms with Crippen molar-refractivity contribution in [3.8, 4) is 0 Å². The third kappa shape index (κ3) is 5.58. The Morgan fingerprint density at radius 3 is 1.38 bits per heavy atom. The number of carbonyl (C=O) groups is 2. The van der Waals surface area contributed by atoms with Crippen molar-refractivity contribution < 1.29 is 19.1 Å². The minimum atomic E-state index is -0.403. The maximum Gasteiger partial charge on any atom is 0.339 e. The molecule has 0 heterocycles. The second-order valence-electron chi connectivity index (χ2n) is 6.90. The maximum absolute atomic E-state index is 12.7. The van der Waals surface area contributed by atoms with Gasteiger partial charge < -0.3 is 9.47 Å². The Morgan fingerprint density at radius 1 is 0.692 bits per heavy atom. The van der Waals surface area contributed by atoms with Gasteiger partial charge in [0.1, 0.15) is 0 Å². The number of benzene rings is 1. The van der Waals surface area contributed by atoms with Gasteiger partial charge in [0, 0.05) is 0 Å². The number of fused-ring (bicyclic) bond motifs is 11. The average molecular weight is 360 g/mol. The van der Waals surface area contributed by atoms with Gasteiger partial charge in [-0.2, -0.15) is 0 Å². The summed E-state index contributed by atoms with van der Waals surface area (Å²) in [6, 6.07) is 4.02. The lowest BCUT2D eigenvalue weighted by Gasteiger charge is -2.18. The molecule has 2 bridgehead atoms. The molecule has 0 atom stereocenters. The molecule has 2 aliphatic carbocycles. The first-order chi connectivity index (χ1) is 12.7. The number of hydrogen-bond acceptors (Lipinski definition) is 4. The summed E-state index contributed by atoms with van der Waals surface area (Å²) in [5, 5.41) is 0. The van der Waals surface area contributed by atoms with E-state index in [1.165, 1.54) is 25.7 Å². The molecule has 4 heteroatoms. The highest BCUT2D eigenvalue weighted by Gasteiger charge is 2.26. The minimum Gasteiger partial charge on any atom is -0.462 e. The van der Waals surface area contributed by atoms with Gasteiger partial charge in [0.15, 0.2) is 0 Å². The van der Waals surface area contributed by atoms with E-state index in [9.17, 15) is 9.59 Å². The van der Waals surface area contributed by atoms with E-state index >= 15 is 0 Å². The molecule has 0 saturated carbocycles. The number of carbonyl (C=O) groups excluding carboxylic acids is 2. The summed E-state index contributed by atoms with van der Waals surface area (Å²) in [6.45, 7) is 4.17.